The first kappa shape index (κ1) is 12.3. The zero-order valence-electron chi connectivity index (χ0n) is 9.59. The highest BCUT2D eigenvalue weighted by Gasteiger charge is 2.10. The van der Waals surface area contributed by atoms with Crippen LogP contribution in [0.4, 0.5) is 0 Å². The maximum absolute atomic E-state index is 5.78. The van der Waals surface area contributed by atoms with E-state index in [4.69, 9.17) is 16.3 Å². The molecule has 1 heterocycles. The predicted molar refractivity (Wildman–Crippen MR) is 63.4 cm³/mol. The van der Waals surface area contributed by atoms with E-state index in [1.54, 1.807) is 12.4 Å². The molecule has 84 valence electrons. The molecule has 0 saturated carbocycles. The highest BCUT2D eigenvalue weighted by molar-refractivity contribution is 6.17. The minimum absolute atomic E-state index is 0.300. The second-order valence-corrected chi connectivity index (χ2v) is 5.04. The molecule has 0 amide bonds. The molecule has 0 saturated heterocycles. The number of alkyl halides is 1. The van der Waals surface area contributed by atoms with Crippen LogP contribution in [0.2, 0.25) is 0 Å². The summed E-state index contributed by atoms with van der Waals surface area (Å²) in [5.41, 5.74) is 1.25. The molecule has 0 unspecified atom stereocenters. The van der Waals surface area contributed by atoms with Crippen LogP contribution >= 0.6 is 11.6 Å². The molecule has 0 atom stereocenters. The molecule has 1 aromatic heterocycles. The van der Waals surface area contributed by atoms with Crippen LogP contribution in [0.15, 0.2) is 18.5 Å². The molecule has 3 heteroatoms. The molecule has 0 bridgehead atoms. The topological polar surface area (TPSA) is 22.1 Å². The van der Waals surface area contributed by atoms with E-state index in [2.05, 4.69) is 25.8 Å². The molecule has 0 aliphatic rings. The van der Waals surface area contributed by atoms with Crippen molar-refractivity contribution in [2.24, 2.45) is 5.41 Å². The predicted octanol–water partition coefficient (Wildman–Crippen LogP) is 3.64. The fraction of sp³-hybridized carbons (Fsp3) is 0.583. The Morgan fingerprint density at radius 2 is 2.13 bits per heavy atom. The Morgan fingerprint density at radius 3 is 2.73 bits per heavy atom. The zero-order valence-corrected chi connectivity index (χ0v) is 10.3. The molecule has 0 fully saturated rings. The number of nitrogens with zero attached hydrogens (tertiary/aromatic N) is 1. The standard InChI is InChI=1S/C12H18ClNO/c1-12(2,3)5-7-15-11-4-6-14-9-10(11)8-13/h4,6,9H,5,7-8H2,1-3H3. The molecule has 0 aliphatic heterocycles. The molecule has 1 rings (SSSR count). The average molecular weight is 228 g/mol. The summed E-state index contributed by atoms with van der Waals surface area (Å²) in [7, 11) is 0. The Hall–Kier alpha value is -0.760. The van der Waals surface area contributed by atoms with Crippen molar-refractivity contribution < 1.29 is 4.74 Å². The fourth-order valence-electron chi connectivity index (χ4n) is 1.12. The third-order valence-electron chi connectivity index (χ3n) is 2.11. The molecule has 0 N–H and O–H groups in total. The smallest absolute Gasteiger partial charge is 0.126 e. The lowest BCUT2D eigenvalue weighted by atomic mass is 9.93. The van der Waals surface area contributed by atoms with Gasteiger partial charge in [0.25, 0.3) is 0 Å². The van der Waals surface area contributed by atoms with Crippen LogP contribution in [0, 0.1) is 5.41 Å². The van der Waals surface area contributed by atoms with E-state index >= 15 is 0 Å². The summed E-state index contributed by atoms with van der Waals surface area (Å²) < 4.78 is 5.68. The van der Waals surface area contributed by atoms with Crippen molar-refractivity contribution in [3.63, 3.8) is 0 Å². The van der Waals surface area contributed by atoms with Gasteiger partial charge in [0, 0.05) is 18.0 Å². The second-order valence-electron chi connectivity index (χ2n) is 4.78. The van der Waals surface area contributed by atoms with E-state index < -0.39 is 0 Å². The summed E-state index contributed by atoms with van der Waals surface area (Å²) in [6.45, 7) is 7.32. The summed E-state index contributed by atoms with van der Waals surface area (Å²) in [4.78, 5) is 4.01. The van der Waals surface area contributed by atoms with Crippen molar-refractivity contribution in [2.75, 3.05) is 6.61 Å². The molecule has 1 aromatic rings. The van der Waals surface area contributed by atoms with Crippen LogP contribution in [0.5, 0.6) is 5.75 Å². The van der Waals surface area contributed by atoms with Gasteiger partial charge in [-0.05, 0) is 17.9 Å². The zero-order chi connectivity index (χ0) is 11.3. The largest absolute Gasteiger partial charge is 0.493 e. The van der Waals surface area contributed by atoms with Gasteiger partial charge in [0.1, 0.15) is 5.75 Å². The van der Waals surface area contributed by atoms with E-state index in [1.807, 2.05) is 6.07 Å². The van der Waals surface area contributed by atoms with Gasteiger partial charge in [0.2, 0.25) is 0 Å². The molecule has 15 heavy (non-hydrogen) atoms. The molecular weight excluding hydrogens is 210 g/mol. The van der Waals surface area contributed by atoms with E-state index in [0.29, 0.717) is 11.3 Å². The van der Waals surface area contributed by atoms with Crippen molar-refractivity contribution in [1.82, 2.24) is 4.98 Å². The molecule has 0 spiro atoms. The SMILES string of the molecule is CC(C)(C)CCOc1ccncc1CCl. The lowest BCUT2D eigenvalue weighted by Gasteiger charge is -2.18. The van der Waals surface area contributed by atoms with Crippen molar-refractivity contribution >= 4 is 11.6 Å². The minimum Gasteiger partial charge on any atom is -0.493 e. The second kappa shape index (κ2) is 5.36. The number of rotatable bonds is 4. The van der Waals surface area contributed by atoms with Gasteiger partial charge in [-0.25, -0.2) is 0 Å². The Bertz CT molecular complexity index is 307. The highest BCUT2D eigenvalue weighted by atomic mass is 35.5. The summed E-state index contributed by atoms with van der Waals surface area (Å²) in [5.74, 6) is 1.29. The maximum Gasteiger partial charge on any atom is 0.126 e. The summed E-state index contributed by atoms with van der Waals surface area (Å²) in [5, 5.41) is 0. The van der Waals surface area contributed by atoms with Crippen LogP contribution in [-0.4, -0.2) is 11.6 Å². The lowest BCUT2D eigenvalue weighted by Crippen LogP contribution is -2.11. The quantitative estimate of drug-likeness (QED) is 0.733. The van der Waals surface area contributed by atoms with Crippen LogP contribution in [-0.2, 0) is 5.88 Å². The van der Waals surface area contributed by atoms with Gasteiger partial charge in [-0.2, -0.15) is 0 Å². The van der Waals surface area contributed by atoms with E-state index in [0.717, 1.165) is 24.3 Å². The van der Waals surface area contributed by atoms with Crippen LogP contribution in [0.25, 0.3) is 0 Å². The number of halogens is 1. The third kappa shape index (κ3) is 4.52. The van der Waals surface area contributed by atoms with Crippen molar-refractivity contribution in [2.45, 2.75) is 33.1 Å². The normalized spacial score (nSPS) is 11.5. The van der Waals surface area contributed by atoms with Gasteiger partial charge >= 0.3 is 0 Å². The van der Waals surface area contributed by atoms with Crippen molar-refractivity contribution in [3.05, 3.63) is 24.0 Å². The van der Waals surface area contributed by atoms with Gasteiger partial charge in [-0.3, -0.25) is 4.98 Å². The minimum atomic E-state index is 0.300. The van der Waals surface area contributed by atoms with Crippen LogP contribution < -0.4 is 4.74 Å². The Kier molecular flexibility index (Phi) is 4.40. The number of hydrogen-bond donors (Lipinski definition) is 0. The first-order valence-corrected chi connectivity index (χ1v) is 5.68. The molecule has 2 nitrogen and oxygen atoms in total. The van der Waals surface area contributed by atoms with Crippen LogP contribution in [0.3, 0.4) is 0 Å². The summed E-state index contributed by atoms with van der Waals surface area (Å²) >= 11 is 5.78. The van der Waals surface area contributed by atoms with Gasteiger partial charge in [0.05, 0.1) is 12.5 Å². The molecule has 0 radical (unpaired) electrons. The van der Waals surface area contributed by atoms with Crippen LogP contribution in [0.1, 0.15) is 32.8 Å². The van der Waals surface area contributed by atoms with Crippen molar-refractivity contribution in [1.29, 1.82) is 0 Å². The monoisotopic (exact) mass is 227 g/mol. The van der Waals surface area contributed by atoms with E-state index in [1.165, 1.54) is 0 Å². The number of pyridine rings is 1. The maximum atomic E-state index is 5.78. The van der Waals surface area contributed by atoms with Gasteiger partial charge in [-0.15, -0.1) is 11.6 Å². The number of aromatic nitrogens is 1. The van der Waals surface area contributed by atoms with Crippen molar-refractivity contribution in [3.8, 4) is 5.75 Å². The Balaban J connectivity index is 2.50. The average Bonchev–Trinajstić information content (AvgIpc) is 2.16. The lowest BCUT2D eigenvalue weighted by molar-refractivity contribution is 0.241. The Morgan fingerprint density at radius 1 is 1.40 bits per heavy atom. The van der Waals surface area contributed by atoms with Gasteiger partial charge < -0.3 is 4.74 Å². The van der Waals surface area contributed by atoms with E-state index in [-0.39, 0.29) is 0 Å². The summed E-state index contributed by atoms with van der Waals surface area (Å²) in [6.07, 6.45) is 4.50. The number of ether oxygens (including phenoxy) is 1. The first-order chi connectivity index (χ1) is 7.03. The highest BCUT2D eigenvalue weighted by Crippen LogP contribution is 2.22. The van der Waals surface area contributed by atoms with Gasteiger partial charge in [0.15, 0.2) is 0 Å². The van der Waals surface area contributed by atoms with E-state index in [9.17, 15) is 0 Å². The Labute approximate surface area is 96.6 Å². The third-order valence-corrected chi connectivity index (χ3v) is 2.40. The number of hydrogen-bond acceptors (Lipinski definition) is 2. The molecule has 0 aliphatic carbocycles. The van der Waals surface area contributed by atoms with Gasteiger partial charge in [-0.1, -0.05) is 20.8 Å². The summed E-state index contributed by atoms with van der Waals surface area (Å²) in [6, 6.07) is 1.86. The fourth-order valence-corrected chi connectivity index (χ4v) is 1.32. The molecular formula is C12H18ClNO. The first-order valence-electron chi connectivity index (χ1n) is 5.14. The molecule has 0 aromatic carbocycles.